The third-order valence-corrected chi connectivity index (χ3v) is 7.82. The van der Waals surface area contributed by atoms with E-state index in [1.54, 1.807) is 23.1 Å². The number of hydrogen-bond donors (Lipinski definition) is 2. The zero-order chi connectivity index (χ0) is 20.5. The van der Waals surface area contributed by atoms with Crippen LogP contribution in [-0.4, -0.2) is 49.3 Å². The Labute approximate surface area is 171 Å². The average Bonchev–Trinajstić information content (AvgIpc) is 3.43. The van der Waals surface area contributed by atoms with Crippen LogP contribution in [0, 0.1) is 5.41 Å². The minimum atomic E-state index is -3.81. The Morgan fingerprint density at radius 3 is 2.55 bits per heavy atom. The summed E-state index contributed by atoms with van der Waals surface area (Å²) >= 11 is 1.47. The molecule has 2 heterocycles. The highest BCUT2D eigenvalue weighted by Crippen LogP contribution is 2.45. The molecule has 29 heavy (non-hydrogen) atoms. The number of fused-ring (bicyclic) bond motifs is 1. The van der Waals surface area contributed by atoms with E-state index in [-0.39, 0.29) is 43.3 Å². The van der Waals surface area contributed by atoms with Gasteiger partial charge in [0, 0.05) is 5.38 Å². The quantitative estimate of drug-likeness (QED) is 0.491. The summed E-state index contributed by atoms with van der Waals surface area (Å²) in [7, 11) is -3.81. The molecule has 0 radical (unpaired) electrons. The van der Waals surface area contributed by atoms with Gasteiger partial charge in [-0.25, -0.2) is 18.9 Å². The second-order valence-electron chi connectivity index (χ2n) is 7.16. The number of rotatable bonds is 7. The largest absolute Gasteiger partial charge is 0.487 e. The molecule has 2 aromatic rings. The molecule has 2 aliphatic rings. The van der Waals surface area contributed by atoms with Crippen LogP contribution in [0.3, 0.4) is 0 Å². The molecule has 1 saturated carbocycles. The maximum absolute atomic E-state index is 13.0. The molecule has 156 valence electrons. The smallest absolute Gasteiger partial charge is 0.250 e. The molecule has 1 aromatic heterocycles. The summed E-state index contributed by atoms with van der Waals surface area (Å²) in [5.41, 5.74) is 2.79. The third-order valence-electron chi connectivity index (χ3n) is 5.27. The van der Waals surface area contributed by atoms with Gasteiger partial charge in [0.1, 0.15) is 19.1 Å². The summed E-state index contributed by atoms with van der Waals surface area (Å²) < 4.78 is 42.4. The SMILES string of the molecule is O=C(NO)C1(CS(=O)(=O)c2ccc(OCc3cscn3)cc2)CC2OCOC2C1. The van der Waals surface area contributed by atoms with Crippen LogP contribution in [0.1, 0.15) is 18.5 Å². The first-order valence-electron chi connectivity index (χ1n) is 8.92. The van der Waals surface area contributed by atoms with Gasteiger partial charge in [-0.05, 0) is 37.1 Å². The highest BCUT2D eigenvalue weighted by atomic mass is 32.2. The van der Waals surface area contributed by atoms with Crippen LogP contribution < -0.4 is 10.2 Å². The number of hydrogen-bond acceptors (Lipinski definition) is 9. The molecule has 1 saturated heterocycles. The van der Waals surface area contributed by atoms with Gasteiger partial charge in [0.15, 0.2) is 9.84 Å². The molecule has 2 fully saturated rings. The van der Waals surface area contributed by atoms with Crippen molar-refractivity contribution in [2.24, 2.45) is 5.41 Å². The fourth-order valence-electron chi connectivity index (χ4n) is 3.81. The van der Waals surface area contributed by atoms with Gasteiger partial charge >= 0.3 is 0 Å². The minimum Gasteiger partial charge on any atom is -0.487 e. The van der Waals surface area contributed by atoms with E-state index in [4.69, 9.17) is 19.4 Å². The minimum absolute atomic E-state index is 0.0718. The maximum atomic E-state index is 13.0. The normalized spacial score (nSPS) is 26.2. The van der Waals surface area contributed by atoms with E-state index in [1.165, 1.54) is 23.5 Å². The van der Waals surface area contributed by atoms with E-state index in [2.05, 4.69) is 4.98 Å². The van der Waals surface area contributed by atoms with E-state index in [0.717, 1.165) is 5.69 Å². The number of thiazole rings is 1. The molecule has 2 atom stereocenters. The van der Waals surface area contributed by atoms with Crippen molar-refractivity contribution in [2.45, 2.75) is 36.6 Å². The molecule has 1 aliphatic carbocycles. The fourth-order valence-corrected chi connectivity index (χ4v) is 6.16. The topological polar surface area (TPSA) is 124 Å². The summed E-state index contributed by atoms with van der Waals surface area (Å²) in [4.78, 5) is 16.6. The molecule has 1 amide bonds. The van der Waals surface area contributed by atoms with E-state index in [9.17, 15) is 13.2 Å². The van der Waals surface area contributed by atoms with Gasteiger partial charge in [0.05, 0.1) is 39.5 Å². The first kappa shape index (κ1) is 20.2. The van der Waals surface area contributed by atoms with Crippen LogP contribution in [0.15, 0.2) is 40.1 Å². The van der Waals surface area contributed by atoms with Gasteiger partial charge in [-0.15, -0.1) is 11.3 Å². The van der Waals surface area contributed by atoms with Crippen molar-refractivity contribution in [3.8, 4) is 5.75 Å². The third kappa shape index (κ3) is 4.14. The monoisotopic (exact) mass is 440 g/mol. The summed E-state index contributed by atoms with van der Waals surface area (Å²) in [6, 6.07) is 6.01. The standard InChI is InChI=1S/C18H20N2O7S2/c21-17(20-22)18(5-15-16(6-18)27-11-26-15)9-29(23,24)14-3-1-13(2-4-14)25-7-12-8-28-10-19-12/h1-4,8,10,15-16,22H,5-7,9,11H2,(H,20,21). The zero-order valence-electron chi connectivity index (χ0n) is 15.3. The maximum Gasteiger partial charge on any atom is 0.250 e. The molecule has 11 heteroatoms. The molecule has 9 nitrogen and oxygen atoms in total. The Hall–Kier alpha value is -2.05. The molecule has 1 aromatic carbocycles. The lowest BCUT2D eigenvalue weighted by Gasteiger charge is -2.27. The Bertz CT molecular complexity index is 949. The fraction of sp³-hybridized carbons (Fsp3) is 0.444. The molecule has 2 unspecified atom stereocenters. The Morgan fingerprint density at radius 1 is 1.28 bits per heavy atom. The van der Waals surface area contributed by atoms with Gasteiger partial charge < -0.3 is 14.2 Å². The first-order chi connectivity index (χ1) is 13.9. The predicted octanol–water partition coefficient (Wildman–Crippen LogP) is 1.52. The van der Waals surface area contributed by atoms with Gasteiger partial charge in [0.25, 0.3) is 5.91 Å². The Morgan fingerprint density at radius 2 is 1.97 bits per heavy atom. The predicted molar refractivity (Wildman–Crippen MR) is 101 cm³/mol. The van der Waals surface area contributed by atoms with E-state index < -0.39 is 26.9 Å². The molecule has 2 N–H and O–H groups in total. The molecular formula is C18H20N2O7S2. The van der Waals surface area contributed by atoms with Crippen molar-refractivity contribution in [2.75, 3.05) is 12.5 Å². The number of carbonyl (C=O) groups excluding carboxylic acids is 1. The van der Waals surface area contributed by atoms with Crippen molar-refractivity contribution in [1.29, 1.82) is 0 Å². The van der Waals surface area contributed by atoms with Crippen LogP contribution in [-0.2, 0) is 30.7 Å². The summed E-state index contributed by atoms with van der Waals surface area (Å²) in [6.45, 7) is 0.416. The van der Waals surface area contributed by atoms with Gasteiger partial charge in [-0.3, -0.25) is 10.0 Å². The van der Waals surface area contributed by atoms with Crippen LogP contribution in [0.25, 0.3) is 0 Å². The van der Waals surface area contributed by atoms with Crippen LogP contribution >= 0.6 is 11.3 Å². The van der Waals surface area contributed by atoms with Crippen LogP contribution in [0.4, 0.5) is 0 Å². The number of carbonyl (C=O) groups is 1. The van der Waals surface area contributed by atoms with Crippen molar-refractivity contribution in [3.63, 3.8) is 0 Å². The second-order valence-corrected chi connectivity index (χ2v) is 9.86. The average molecular weight is 440 g/mol. The second kappa shape index (κ2) is 8.00. The molecular weight excluding hydrogens is 420 g/mol. The van der Waals surface area contributed by atoms with E-state index >= 15 is 0 Å². The lowest BCUT2D eigenvalue weighted by Crippen LogP contribution is -2.43. The number of nitrogens with one attached hydrogen (secondary N) is 1. The van der Waals surface area contributed by atoms with Crippen molar-refractivity contribution < 1.29 is 32.6 Å². The number of amides is 1. The van der Waals surface area contributed by atoms with Crippen LogP contribution in [0.2, 0.25) is 0 Å². The lowest BCUT2D eigenvalue weighted by atomic mass is 9.87. The van der Waals surface area contributed by atoms with E-state index in [1.807, 2.05) is 5.38 Å². The number of sulfone groups is 1. The Kier molecular flexibility index (Phi) is 5.58. The van der Waals surface area contributed by atoms with Crippen molar-refractivity contribution in [1.82, 2.24) is 10.5 Å². The van der Waals surface area contributed by atoms with Crippen LogP contribution in [0.5, 0.6) is 5.75 Å². The Balaban J connectivity index is 1.49. The zero-order valence-corrected chi connectivity index (χ0v) is 16.9. The lowest BCUT2D eigenvalue weighted by molar-refractivity contribution is -0.140. The molecule has 4 rings (SSSR count). The number of aromatic nitrogens is 1. The highest BCUT2D eigenvalue weighted by Gasteiger charge is 2.55. The first-order valence-corrected chi connectivity index (χ1v) is 11.5. The molecule has 0 spiro atoms. The van der Waals surface area contributed by atoms with E-state index in [0.29, 0.717) is 5.75 Å². The number of nitrogens with zero attached hydrogens (tertiary/aromatic N) is 1. The van der Waals surface area contributed by atoms with Gasteiger partial charge in [-0.2, -0.15) is 0 Å². The number of benzene rings is 1. The summed E-state index contributed by atoms with van der Waals surface area (Å²) in [5, 5.41) is 11.0. The van der Waals surface area contributed by atoms with Gasteiger partial charge in [0.2, 0.25) is 0 Å². The molecule has 0 bridgehead atoms. The molecule has 1 aliphatic heterocycles. The number of hydroxylamine groups is 1. The van der Waals surface area contributed by atoms with Crippen molar-refractivity contribution in [3.05, 3.63) is 40.8 Å². The number of ether oxygens (including phenoxy) is 3. The summed E-state index contributed by atoms with van der Waals surface area (Å²) in [5.74, 6) is -0.687. The van der Waals surface area contributed by atoms with Crippen molar-refractivity contribution >= 4 is 27.1 Å². The highest BCUT2D eigenvalue weighted by molar-refractivity contribution is 7.91. The summed E-state index contributed by atoms with van der Waals surface area (Å²) in [6.07, 6.45) is -0.385. The van der Waals surface area contributed by atoms with Gasteiger partial charge in [-0.1, -0.05) is 0 Å².